The fraction of sp³-hybridized carbons (Fsp3) is 0.900. The summed E-state index contributed by atoms with van der Waals surface area (Å²) in [7, 11) is 0. The van der Waals surface area contributed by atoms with Crippen LogP contribution in [0.4, 0.5) is 0 Å². The van der Waals surface area contributed by atoms with E-state index in [1.54, 1.807) is 5.57 Å². The smallest absolute Gasteiger partial charge is 0.0577 e. The molecule has 22 heavy (non-hydrogen) atoms. The third-order valence-corrected chi connectivity index (χ3v) is 8.63. The third kappa shape index (κ3) is 1.86. The van der Waals surface area contributed by atoms with Crippen molar-refractivity contribution in [1.29, 1.82) is 0 Å². The van der Waals surface area contributed by atoms with E-state index >= 15 is 0 Å². The van der Waals surface area contributed by atoms with Crippen molar-refractivity contribution >= 4 is 0 Å². The molecule has 0 aromatic carbocycles. The highest BCUT2D eigenvalue weighted by Gasteiger charge is 2.59. The molecule has 8 atom stereocenters. The van der Waals surface area contributed by atoms with E-state index in [0.717, 1.165) is 37.5 Å². The van der Waals surface area contributed by atoms with Gasteiger partial charge in [0.05, 0.1) is 12.2 Å². The van der Waals surface area contributed by atoms with Crippen molar-refractivity contribution in [3.05, 3.63) is 11.6 Å². The van der Waals surface area contributed by atoms with Crippen LogP contribution in [-0.2, 0) is 0 Å². The summed E-state index contributed by atoms with van der Waals surface area (Å²) in [5, 5.41) is 20.5. The Morgan fingerprint density at radius 3 is 2.64 bits per heavy atom. The molecule has 0 aromatic heterocycles. The molecule has 0 spiro atoms. The highest BCUT2D eigenvalue weighted by atomic mass is 16.3. The average molecular weight is 304 g/mol. The topological polar surface area (TPSA) is 40.5 Å². The van der Waals surface area contributed by atoms with Gasteiger partial charge < -0.3 is 10.2 Å². The van der Waals surface area contributed by atoms with Crippen LogP contribution in [0.2, 0.25) is 0 Å². The minimum atomic E-state index is -0.113. The van der Waals surface area contributed by atoms with Crippen LogP contribution in [0.5, 0.6) is 0 Å². The molecule has 4 rings (SSSR count). The summed E-state index contributed by atoms with van der Waals surface area (Å²) in [5.74, 6) is 2.67. The van der Waals surface area contributed by atoms with Gasteiger partial charge in [0.25, 0.3) is 0 Å². The minimum absolute atomic E-state index is 0.0971. The number of allylic oxidation sites excluding steroid dienone is 1. The van der Waals surface area contributed by atoms with Gasteiger partial charge in [-0.3, -0.25) is 0 Å². The maximum Gasteiger partial charge on any atom is 0.0577 e. The Bertz CT molecular complexity index is 498. The Labute approximate surface area is 135 Å². The van der Waals surface area contributed by atoms with E-state index in [-0.39, 0.29) is 12.2 Å². The maximum absolute atomic E-state index is 10.5. The summed E-state index contributed by atoms with van der Waals surface area (Å²) in [5.41, 5.74) is 2.21. The molecule has 2 N–H and O–H groups in total. The zero-order chi connectivity index (χ0) is 15.7. The molecule has 0 heterocycles. The zero-order valence-corrected chi connectivity index (χ0v) is 14.4. The highest BCUT2D eigenvalue weighted by Crippen LogP contribution is 2.66. The van der Waals surface area contributed by atoms with Crippen molar-refractivity contribution in [3.8, 4) is 0 Å². The Balaban J connectivity index is 1.68. The molecule has 4 aliphatic rings. The van der Waals surface area contributed by atoms with Gasteiger partial charge in [0.15, 0.2) is 0 Å². The summed E-state index contributed by atoms with van der Waals surface area (Å²) in [6.45, 7) is 7.19. The Hall–Kier alpha value is -0.340. The van der Waals surface area contributed by atoms with Gasteiger partial charge >= 0.3 is 0 Å². The molecule has 4 unspecified atom stereocenters. The van der Waals surface area contributed by atoms with Gasteiger partial charge in [0, 0.05) is 0 Å². The second kappa shape index (κ2) is 4.83. The SMILES string of the molecule is CC1[C@@H](O)CC2C3CC=C4C[C@@H](O)CC[C@]4(C)C3CC[C@@]21C. The van der Waals surface area contributed by atoms with Crippen molar-refractivity contribution < 1.29 is 10.2 Å². The maximum atomic E-state index is 10.5. The summed E-state index contributed by atoms with van der Waals surface area (Å²) >= 11 is 0. The first kappa shape index (κ1) is 15.2. The summed E-state index contributed by atoms with van der Waals surface area (Å²) < 4.78 is 0. The average Bonchev–Trinajstić information content (AvgIpc) is 2.72. The molecule has 0 saturated heterocycles. The molecule has 0 bridgehead atoms. The van der Waals surface area contributed by atoms with Crippen LogP contribution in [0.1, 0.15) is 65.7 Å². The Morgan fingerprint density at radius 2 is 1.86 bits per heavy atom. The molecular formula is C20H32O2. The van der Waals surface area contributed by atoms with Crippen molar-refractivity contribution in [1.82, 2.24) is 0 Å². The standard InChI is InChI=1S/C20H32O2/c1-12-18(22)11-17-15-5-4-13-10-14(21)6-8-20(13,3)16(15)7-9-19(12,17)2/h4,12,14-18,21-22H,5-11H2,1-3H3/t12?,14-,15?,16?,17?,18-,19+,20-/m0/s1. The largest absolute Gasteiger partial charge is 0.393 e. The number of rotatable bonds is 0. The fourth-order valence-corrected chi connectivity index (χ4v) is 6.90. The van der Waals surface area contributed by atoms with Crippen LogP contribution < -0.4 is 0 Å². The van der Waals surface area contributed by atoms with Crippen LogP contribution in [0.15, 0.2) is 11.6 Å². The summed E-state index contributed by atoms with van der Waals surface area (Å²) in [4.78, 5) is 0. The van der Waals surface area contributed by atoms with Crippen LogP contribution >= 0.6 is 0 Å². The van der Waals surface area contributed by atoms with Gasteiger partial charge in [0.1, 0.15) is 0 Å². The number of fused-ring (bicyclic) bond motifs is 5. The Morgan fingerprint density at radius 1 is 1.09 bits per heavy atom. The van der Waals surface area contributed by atoms with Gasteiger partial charge in [-0.25, -0.2) is 0 Å². The molecule has 2 heteroatoms. The second-order valence-corrected chi connectivity index (χ2v) is 9.29. The lowest BCUT2D eigenvalue weighted by Gasteiger charge is -2.57. The van der Waals surface area contributed by atoms with E-state index in [1.807, 2.05) is 0 Å². The molecule has 124 valence electrons. The molecule has 3 fully saturated rings. The fourth-order valence-electron chi connectivity index (χ4n) is 6.90. The first-order valence-corrected chi connectivity index (χ1v) is 9.42. The predicted molar refractivity (Wildman–Crippen MR) is 88.3 cm³/mol. The van der Waals surface area contributed by atoms with E-state index in [4.69, 9.17) is 0 Å². The normalized spacial score (nSPS) is 57.6. The Kier molecular flexibility index (Phi) is 3.34. The minimum Gasteiger partial charge on any atom is -0.393 e. The monoisotopic (exact) mass is 304 g/mol. The lowest BCUT2D eigenvalue weighted by atomic mass is 9.47. The first-order chi connectivity index (χ1) is 10.4. The molecule has 0 aromatic rings. The molecule has 4 aliphatic carbocycles. The molecule has 0 radical (unpaired) electrons. The van der Waals surface area contributed by atoms with Crippen LogP contribution in [0, 0.1) is 34.5 Å². The van der Waals surface area contributed by atoms with Gasteiger partial charge in [-0.1, -0.05) is 32.4 Å². The van der Waals surface area contributed by atoms with Crippen molar-refractivity contribution in [2.45, 2.75) is 77.9 Å². The van der Waals surface area contributed by atoms with Crippen LogP contribution in [-0.4, -0.2) is 22.4 Å². The third-order valence-electron chi connectivity index (χ3n) is 8.63. The van der Waals surface area contributed by atoms with Crippen molar-refractivity contribution in [2.75, 3.05) is 0 Å². The first-order valence-electron chi connectivity index (χ1n) is 9.42. The van der Waals surface area contributed by atoms with Gasteiger partial charge in [-0.15, -0.1) is 0 Å². The molecular weight excluding hydrogens is 272 g/mol. The van der Waals surface area contributed by atoms with Gasteiger partial charge in [0.2, 0.25) is 0 Å². The predicted octanol–water partition coefficient (Wildman–Crippen LogP) is 3.92. The van der Waals surface area contributed by atoms with Crippen LogP contribution in [0.25, 0.3) is 0 Å². The van der Waals surface area contributed by atoms with E-state index < -0.39 is 0 Å². The van der Waals surface area contributed by atoms with Gasteiger partial charge in [-0.05, 0) is 79.4 Å². The van der Waals surface area contributed by atoms with E-state index in [1.165, 1.54) is 19.3 Å². The number of aliphatic hydroxyl groups is 2. The van der Waals surface area contributed by atoms with Crippen LogP contribution in [0.3, 0.4) is 0 Å². The summed E-state index contributed by atoms with van der Waals surface area (Å²) in [6, 6.07) is 0. The van der Waals surface area contributed by atoms with Crippen molar-refractivity contribution in [3.63, 3.8) is 0 Å². The lowest BCUT2D eigenvalue weighted by Crippen LogP contribution is -2.50. The van der Waals surface area contributed by atoms with Crippen molar-refractivity contribution in [2.24, 2.45) is 34.5 Å². The van der Waals surface area contributed by atoms with Gasteiger partial charge in [-0.2, -0.15) is 0 Å². The number of hydrogen-bond acceptors (Lipinski definition) is 2. The quantitative estimate of drug-likeness (QED) is 0.666. The molecule has 0 aliphatic heterocycles. The molecule has 2 nitrogen and oxygen atoms in total. The zero-order valence-electron chi connectivity index (χ0n) is 14.4. The van der Waals surface area contributed by atoms with E-state index in [0.29, 0.717) is 22.7 Å². The second-order valence-electron chi connectivity index (χ2n) is 9.29. The number of hydrogen-bond donors (Lipinski definition) is 2. The molecule has 3 saturated carbocycles. The highest BCUT2D eigenvalue weighted by molar-refractivity contribution is 5.25. The van der Waals surface area contributed by atoms with E-state index in [9.17, 15) is 10.2 Å². The molecule has 0 amide bonds. The number of aliphatic hydroxyl groups excluding tert-OH is 2. The summed E-state index contributed by atoms with van der Waals surface area (Å²) in [6.07, 6.45) is 10.1. The lowest BCUT2D eigenvalue weighted by molar-refractivity contribution is -0.0488. The van der Waals surface area contributed by atoms with E-state index in [2.05, 4.69) is 26.8 Å².